The molecule has 0 bridgehead atoms. The number of hydrogen-bond donors (Lipinski definition) is 0. The van der Waals surface area contributed by atoms with Crippen LogP contribution in [0.25, 0.3) is 0 Å². The Kier molecular flexibility index (Phi) is 1.23. The average Bonchev–Trinajstić information content (AvgIpc) is 0.722. The van der Waals surface area contributed by atoms with Crippen LogP contribution in [0, 0.1) is 0 Å². The molecule has 0 unspecified atom stereocenters. The third-order valence-electron chi connectivity index (χ3n) is 0. The predicted molar refractivity (Wildman–Crippen MR) is 11.6 cm³/mol. The molecule has 0 radical (unpaired) electrons. The van der Waals surface area contributed by atoms with E-state index in [1.807, 2.05) is 0 Å². The quantitative estimate of drug-likeness (QED) is 0.359. The van der Waals surface area contributed by atoms with Gasteiger partial charge in [-0.2, -0.15) is 0 Å². The van der Waals surface area contributed by atoms with Crippen molar-refractivity contribution in [1.29, 1.82) is 0 Å². The Morgan fingerprint density at radius 3 is 0.800 bits per heavy atom. The fourth-order valence-corrected chi connectivity index (χ4v) is 0. The molecule has 0 aromatic rings. The van der Waals surface area contributed by atoms with E-state index in [-0.39, 0.29) is 0 Å². The van der Waals surface area contributed by atoms with E-state index in [1.165, 1.54) is 0 Å². The summed E-state index contributed by atoms with van der Waals surface area (Å²) >= 11 is -7.00. The van der Waals surface area contributed by atoms with Crippen LogP contribution in [-0.2, 0) is 0 Å². The Balaban J connectivity index is 3.02. The van der Waals surface area contributed by atoms with Gasteiger partial charge in [0.05, 0.1) is 0 Å². The van der Waals surface area contributed by atoms with Crippen molar-refractivity contribution in [2.24, 2.45) is 0 Å². The van der Waals surface area contributed by atoms with Crippen LogP contribution in [0.4, 0.5) is 13.9 Å². The first kappa shape index (κ1) is 5.28. The molecule has 5 heteroatoms. The molecule has 0 atom stereocenters. The summed E-state index contributed by atoms with van der Waals surface area (Å²) in [5, 5.41) is 0. The van der Waals surface area contributed by atoms with Gasteiger partial charge >= 0.3 is 29.3 Å². The zero-order chi connectivity index (χ0) is 4.50. The summed E-state index contributed by atoms with van der Waals surface area (Å²) in [6.45, 7) is 0. The SMILES string of the molecule is F[AsH](F)(F)F. The summed E-state index contributed by atoms with van der Waals surface area (Å²) in [5.74, 6) is 0. The number of halogens is 4. The molecule has 0 aromatic carbocycles. The molecule has 0 aliphatic heterocycles. The molecule has 0 saturated heterocycles. The summed E-state index contributed by atoms with van der Waals surface area (Å²) in [7, 11) is 0. The van der Waals surface area contributed by atoms with Crippen molar-refractivity contribution in [2.45, 2.75) is 0 Å². The van der Waals surface area contributed by atoms with Gasteiger partial charge in [-0.15, -0.1) is 0 Å². The molecule has 0 amide bonds. The standard InChI is InChI=1S/AsF4H/c2-1(3,4)5/h1H. The topological polar surface area (TPSA) is 0 Å². The Bertz CT molecular complexity index is 19.1. The Labute approximate surface area is 30.2 Å². The maximum absolute atomic E-state index is 9.88. The first-order chi connectivity index (χ1) is 2.00. The molecule has 0 heterocycles. The van der Waals surface area contributed by atoms with E-state index in [0.717, 1.165) is 0 Å². The van der Waals surface area contributed by atoms with Gasteiger partial charge in [0.25, 0.3) is 0 Å². The first-order valence-corrected chi connectivity index (χ1v) is 3.93. The van der Waals surface area contributed by atoms with Crippen molar-refractivity contribution in [2.75, 3.05) is 0 Å². The fourth-order valence-electron chi connectivity index (χ4n) is 0. The van der Waals surface area contributed by atoms with Crippen LogP contribution in [0.5, 0.6) is 0 Å². The van der Waals surface area contributed by atoms with Gasteiger partial charge < -0.3 is 0 Å². The molecule has 0 aromatic heterocycles. The van der Waals surface area contributed by atoms with Crippen LogP contribution in [-0.4, -0.2) is 15.4 Å². The Morgan fingerprint density at radius 2 is 0.800 bits per heavy atom. The van der Waals surface area contributed by atoms with Crippen molar-refractivity contribution in [3.05, 3.63) is 0 Å². The zero-order valence-electron chi connectivity index (χ0n) is 2.01. The van der Waals surface area contributed by atoms with E-state index < -0.39 is 15.4 Å². The van der Waals surface area contributed by atoms with Crippen LogP contribution >= 0.6 is 0 Å². The minimum atomic E-state index is -7.00. The molecule has 0 aliphatic rings. The summed E-state index contributed by atoms with van der Waals surface area (Å²) in [4.78, 5) is 0. The fraction of sp³-hybridized carbons (Fsp3) is 0. The van der Waals surface area contributed by atoms with Gasteiger partial charge in [-0.05, 0) is 0 Å². The molecule has 0 aliphatic carbocycles. The van der Waals surface area contributed by atoms with Crippen molar-refractivity contribution >= 4 is 15.4 Å². The van der Waals surface area contributed by atoms with E-state index in [2.05, 4.69) is 0 Å². The third-order valence-corrected chi connectivity index (χ3v) is 0. The molecule has 34 valence electrons. The Morgan fingerprint density at radius 1 is 0.800 bits per heavy atom. The van der Waals surface area contributed by atoms with E-state index in [9.17, 15) is 13.9 Å². The minimum absolute atomic E-state index is 7.00. The second-order valence-corrected chi connectivity index (χ2v) is 2.23. The second-order valence-electron chi connectivity index (χ2n) is 0.429. The van der Waals surface area contributed by atoms with Gasteiger partial charge in [-0.1, -0.05) is 0 Å². The van der Waals surface area contributed by atoms with Crippen molar-refractivity contribution < 1.29 is 13.9 Å². The van der Waals surface area contributed by atoms with Gasteiger partial charge in [0.1, 0.15) is 0 Å². The van der Waals surface area contributed by atoms with Gasteiger partial charge in [0, 0.05) is 0 Å². The van der Waals surface area contributed by atoms with Gasteiger partial charge in [-0.25, -0.2) is 0 Å². The molecule has 0 N–H and O–H groups in total. The number of rotatable bonds is 0. The van der Waals surface area contributed by atoms with Gasteiger partial charge in [0.2, 0.25) is 0 Å². The average molecular weight is 152 g/mol. The van der Waals surface area contributed by atoms with Crippen molar-refractivity contribution in [3.63, 3.8) is 0 Å². The summed E-state index contributed by atoms with van der Waals surface area (Å²) in [6, 6.07) is 0. The molecular weight excluding hydrogens is 151 g/mol. The summed E-state index contributed by atoms with van der Waals surface area (Å²) in [6.07, 6.45) is 0. The van der Waals surface area contributed by atoms with Gasteiger partial charge in [-0.3, -0.25) is 0 Å². The monoisotopic (exact) mass is 152 g/mol. The number of hydrogen-bond acceptors (Lipinski definition) is 0. The molecule has 5 heavy (non-hydrogen) atoms. The van der Waals surface area contributed by atoms with Crippen LogP contribution < -0.4 is 0 Å². The van der Waals surface area contributed by atoms with Gasteiger partial charge in [0.15, 0.2) is 0 Å². The van der Waals surface area contributed by atoms with E-state index in [0.29, 0.717) is 0 Å². The first-order valence-electron chi connectivity index (χ1n) is 0.756. The summed E-state index contributed by atoms with van der Waals surface area (Å²) < 4.78 is 39.5. The molecule has 0 nitrogen and oxygen atoms in total. The predicted octanol–water partition coefficient (Wildman–Crippen LogP) is 1.03. The van der Waals surface area contributed by atoms with Crippen LogP contribution in [0.1, 0.15) is 0 Å². The molecule has 0 spiro atoms. The maximum atomic E-state index is 9.88. The molecule has 0 fully saturated rings. The third kappa shape index (κ3) is 286. The van der Waals surface area contributed by atoms with Crippen LogP contribution in [0.3, 0.4) is 0 Å². The van der Waals surface area contributed by atoms with E-state index >= 15 is 0 Å². The molecule has 0 rings (SSSR count). The van der Waals surface area contributed by atoms with Crippen LogP contribution in [0.2, 0.25) is 0 Å². The summed E-state index contributed by atoms with van der Waals surface area (Å²) in [5.41, 5.74) is 0. The van der Waals surface area contributed by atoms with E-state index in [4.69, 9.17) is 0 Å². The van der Waals surface area contributed by atoms with Crippen molar-refractivity contribution in [1.82, 2.24) is 0 Å². The van der Waals surface area contributed by atoms with Crippen molar-refractivity contribution in [3.8, 4) is 0 Å². The van der Waals surface area contributed by atoms with Crippen LogP contribution in [0.15, 0.2) is 0 Å². The normalized spacial score (nSPS) is 15.2. The second kappa shape index (κ2) is 1.17. The molecular formula is HAsF4. The zero-order valence-corrected chi connectivity index (χ0v) is 4.11. The van der Waals surface area contributed by atoms with E-state index in [1.54, 1.807) is 0 Å². The Hall–Kier alpha value is 0.278. The molecule has 0 saturated carbocycles.